The van der Waals surface area contributed by atoms with Gasteiger partial charge < -0.3 is 36.5 Å². The number of hydrogen-bond donors (Lipinski definition) is 4. The molecule has 0 saturated heterocycles. The maximum absolute atomic E-state index is 12.3. The molecule has 2 saturated carbocycles. The predicted molar refractivity (Wildman–Crippen MR) is 297 cm³/mol. The van der Waals surface area contributed by atoms with Crippen LogP contribution >= 0.6 is 23.2 Å². The summed E-state index contributed by atoms with van der Waals surface area (Å²) >= 11 is 13.0. The van der Waals surface area contributed by atoms with E-state index in [9.17, 15) is 43.5 Å². The average molecular weight is 1090 g/mol. The Kier molecular flexibility index (Phi) is 25.9. The largest absolute Gasteiger partial charge is 0.507 e. The molecule has 0 spiro atoms. The van der Waals surface area contributed by atoms with Gasteiger partial charge in [0.1, 0.15) is 23.1 Å². The van der Waals surface area contributed by atoms with Gasteiger partial charge in [-0.25, -0.2) is 0 Å². The van der Waals surface area contributed by atoms with Crippen LogP contribution in [-0.2, 0) is 46.4 Å². The molecule has 2 fully saturated rings. The Hall–Kier alpha value is -6.23. The number of aliphatic imine (C=N–C) groups is 1. The number of ether oxygens (including phenoxy) is 3. The molecule has 18 heteroatoms. The Morgan fingerprint density at radius 2 is 1.07 bits per heavy atom. The van der Waals surface area contributed by atoms with Crippen molar-refractivity contribution in [3.8, 4) is 23.0 Å². The molecule has 2 aromatic rings. The first kappa shape index (κ1) is 65.9. The van der Waals surface area contributed by atoms with Crippen LogP contribution in [0.25, 0.3) is 0 Å². The number of ketones is 2. The molecule has 2 aromatic carbocycles. The van der Waals surface area contributed by atoms with Crippen molar-refractivity contribution in [1.29, 1.82) is 0 Å². The number of aldehydes is 1. The van der Waals surface area contributed by atoms with Crippen molar-refractivity contribution < 1.29 is 57.7 Å². The summed E-state index contributed by atoms with van der Waals surface area (Å²) in [6.07, 6.45) is 17.7. The van der Waals surface area contributed by atoms with Gasteiger partial charge in [0.05, 0.1) is 15.6 Å². The van der Waals surface area contributed by atoms with E-state index < -0.39 is 23.8 Å². The molecule has 0 radical (unpaired) electrons. The van der Waals surface area contributed by atoms with Gasteiger partial charge in [-0.2, -0.15) is 0 Å². The van der Waals surface area contributed by atoms with Crippen LogP contribution in [0, 0.1) is 48.3 Å². The number of hydrogen-bond acceptors (Lipinski definition) is 14. The smallest absolute Gasteiger partial charge is 0.308 e. The summed E-state index contributed by atoms with van der Waals surface area (Å²) < 4.78 is 16.1. The van der Waals surface area contributed by atoms with Gasteiger partial charge in [-0.1, -0.05) is 112 Å². The molecular weight excluding hydrogens is 1020 g/mol. The lowest BCUT2D eigenvalue weighted by Gasteiger charge is -2.42. The second-order valence-corrected chi connectivity index (χ2v) is 20.9. The number of esters is 3. The van der Waals surface area contributed by atoms with Crippen LogP contribution in [-0.4, -0.2) is 72.0 Å². The van der Waals surface area contributed by atoms with Crippen molar-refractivity contribution in [2.75, 3.05) is 13.1 Å². The number of primary amides is 2. The Morgan fingerprint density at radius 3 is 1.45 bits per heavy atom. The highest BCUT2D eigenvalue weighted by Crippen LogP contribution is 2.47. The number of phenols is 1. The lowest BCUT2D eigenvalue weighted by molar-refractivity contribution is -0.133. The summed E-state index contributed by atoms with van der Waals surface area (Å²) in [7, 11) is 0. The summed E-state index contributed by atoms with van der Waals surface area (Å²) in [5.74, 6) is -1.29. The van der Waals surface area contributed by atoms with Crippen LogP contribution in [0.4, 0.5) is 0 Å². The van der Waals surface area contributed by atoms with Crippen LogP contribution in [0.15, 0.2) is 52.6 Å². The number of carbonyl (C=O) groups excluding carboxylic acids is 8. The number of Topliss-reactive ketones (excluding diaryl/α,β-unsaturated/α-hetero) is 2. The molecule has 0 heterocycles. The third-order valence-electron chi connectivity index (χ3n) is 14.7. The van der Waals surface area contributed by atoms with Gasteiger partial charge in [0.15, 0.2) is 17.8 Å². The van der Waals surface area contributed by atoms with Gasteiger partial charge >= 0.3 is 17.9 Å². The van der Waals surface area contributed by atoms with Gasteiger partial charge in [-0.15, -0.1) is 0 Å². The number of carbonyl (C=O) groups is 8. The molecule has 4 rings (SSSR count). The zero-order valence-electron chi connectivity index (χ0n) is 46.4. The van der Waals surface area contributed by atoms with Crippen molar-refractivity contribution >= 4 is 77.0 Å². The lowest BCUT2D eigenvalue weighted by atomic mass is 9.61. The molecule has 6 atom stereocenters. The molecule has 2 aliphatic rings. The summed E-state index contributed by atoms with van der Waals surface area (Å²) in [5.41, 5.74) is 18.1. The highest BCUT2D eigenvalue weighted by molar-refractivity contribution is 6.34. The van der Waals surface area contributed by atoms with E-state index >= 15 is 0 Å². The van der Waals surface area contributed by atoms with Crippen LogP contribution in [0.5, 0.6) is 23.0 Å². The Balaban J connectivity index is 0.000000470. The molecule has 76 heavy (non-hydrogen) atoms. The second kappa shape index (κ2) is 29.9. The predicted octanol–water partition coefficient (Wildman–Crippen LogP) is 10.1. The first-order valence-corrected chi connectivity index (χ1v) is 26.1. The van der Waals surface area contributed by atoms with E-state index in [1.165, 1.54) is 27.0 Å². The topological polar surface area (TPSA) is 275 Å². The van der Waals surface area contributed by atoms with Crippen LogP contribution in [0.1, 0.15) is 153 Å². The standard InChI is InChI=1S/C28H37ClN2O5.C27H33ClO6.C3H8N2O/c1-16(11-13-28(6)17(2)8-10-23(33)19(28)4)7-9-21-26(35)22(15-31-14-12-24(30)34)18(3)25(29)27(21)36-20(5)32;1-15(12-13-27(7)16(2)9-11-23(32)18(27)4)8-10-21-25(33-19(5)30)22(14-29)17(3)24(28)26(21)34-20(6)31;4-2-1-3(5)6/h7,11,13,15,17,19,35H,8-10,12,14H2,1-6H3,(H2,30,34);8,12-14,16,18H,9-11H2,1-7H3;1-2,4H2,(H2,5,6)/b13-11+,16-7+,31-15?;13-12+,15-8+;/t17-,19+,28+;16-,18+,27+;/m11./s1. The number of halogens is 2. The molecule has 416 valence electrons. The molecular formula is C58H78Cl2N4O12. The van der Waals surface area contributed by atoms with Crippen molar-refractivity contribution in [3.05, 3.63) is 91.0 Å². The van der Waals surface area contributed by atoms with E-state index in [1.54, 1.807) is 13.8 Å². The Labute approximate surface area is 457 Å². The average Bonchev–Trinajstić information content (AvgIpc) is 3.34. The van der Waals surface area contributed by atoms with Crippen molar-refractivity contribution in [3.63, 3.8) is 0 Å². The highest BCUT2D eigenvalue weighted by Gasteiger charge is 2.43. The molecule has 7 N–H and O–H groups in total. The summed E-state index contributed by atoms with van der Waals surface area (Å²) in [6.45, 7) is 23.9. The molecule has 0 aromatic heterocycles. The van der Waals surface area contributed by atoms with Crippen molar-refractivity contribution in [1.82, 2.24) is 0 Å². The fourth-order valence-electron chi connectivity index (χ4n) is 8.85. The molecule has 16 nitrogen and oxygen atoms in total. The second-order valence-electron chi connectivity index (χ2n) is 20.1. The first-order valence-electron chi connectivity index (χ1n) is 25.3. The fraction of sp³-hybridized carbons (Fsp3) is 0.500. The minimum absolute atomic E-state index is 0.0285. The number of allylic oxidation sites excluding steroid dienone is 8. The van der Waals surface area contributed by atoms with E-state index in [-0.39, 0.29) is 105 Å². The number of aromatic hydroxyl groups is 1. The minimum Gasteiger partial charge on any atom is -0.507 e. The third kappa shape index (κ3) is 17.9. The van der Waals surface area contributed by atoms with Crippen LogP contribution < -0.4 is 31.4 Å². The van der Waals surface area contributed by atoms with Gasteiger partial charge in [0.25, 0.3) is 0 Å². The summed E-state index contributed by atoms with van der Waals surface area (Å²) in [5, 5.41) is 11.4. The highest BCUT2D eigenvalue weighted by atomic mass is 35.5. The number of phenolic OH excluding ortho intramolecular Hbond substituents is 1. The van der Waals surface area contributed by atoms with E-state index in [4.69, 9.17) is 48.9 Å². The van der Waals surface area contributed by atoms with E-state index in [0.29, 0.717) is 71.7 Å². The van der Waals surface area contributed by atoms with E-state index in [1.807, 2.05) is 52.0 Å². The number of rotatable bonds is 18. The van der Waals surface area contributed by atoms with Crippen LogP contribution in [0.3, 0.4) is 0 Å². The SMILES string of the molecule is CC(=O)Oc1c(Cl)c(C)c(C=NCCC(N)=O)c(O)c1C/C=C(C)/C=C/[C@@]1(C)[C@H](C)CCC(=O)[C@@H]1C.CC(=O)Oc1c(Cl)c(C)c(C=O)c(OC(C)=O)c1C/C=C(C)/C=C/[C@@]1(C)[C@H](C)CCC(=O)[C@@H]1C.NCCC(N)=O. The van der Waals surface area contributed by atoms with E-state index in [2.05, 4.69) is 50.6 Å². The quantitative estimate of drug-likeness (QED) is 0.0356. The zero-order chi connectivity index (χ0) is 58.0. The number of nitrogens with zero attached hydrogens (tertiary/aromatic N) is 1. The number of nitrogens with two attached hydrogens (primary N) is 3. The van der Waals surface area contributed by atoms with Crippen molar-refractivity contribution in [2.45, 2.75) is 141 Å². The molecule has 2 aliphatic carbocycles. The number of benzene rings is 2. The summed E-state index contributed by atoms with van der Waals surface area (Å²) in [6, 6.07) is 0. The molecule has 0 bridgehead atoms. The van der Waals surface area contributed by atoms with Crippen molar-refractivity contribution in [2.24, 2.45) is 56.7 Å². The first-order chi connectivity index (χ1) is 35.4. The zero-order valence-corrected chi connectivity index (χ0v) is 47.9. The molecule has 0 aliphatic heterocycles. The fourth-order valence-corrected chi connectivity index (χ4v) is 9.36. The van der Waals surface area contributed by atoms with Gasteiger partial charge in [-0.05, 0) is 87.2 Å². The normalized spacial score (nSPS) is 21.9. The van der Waals surface area contributed by atoms with E-state index in [0.717, 1.165) is 24.0 Å². The summed E-state index contributed by atoms with van der Waals surface area (Å²) in [4.78, 5) is 96.6. The third-order valence-corrected chi connectivity index (χ3v) is 15.6. The van der Waals surface area contributed by atoms with Gasteiger partial charge in [-0.3, -0.25) is 43.3 Å². The Morgan fingerprint density at radius 1 is 0.671 bits per heavy atom. The Bertz CT molecular complexity index is 2690. The number of amides is 2. The van der Waals surface area contributed by atoms with Crippen LogP contribution in [0.2, 0.25) is 10.0 Å². The lowest BCUT2D eigenvalue weighted by Crippen LogP contribution is -2.40. The van der Waals surface area contributed by atoms with Gasteiger partial charge in [0, 0.05) is 94.3 Å². The molecule has 2 amide bonds. The molecule has 0 unspecified atom stereocenters. The monoisotopic (exact) mass is 1090 g/mol. The van der Waals surface area contributed by atoms with Gasteiger partial charge in [0.2, 0.25) is 11.8 Å². The maximum Gasteiger partial charge on any atom is 0.308 e. The maximum atomic E-state index is 12.3. The minimum atomic E-state index is -0.613.